The highest BCUT2D eigenvalue weighted by Crippen LogP contribution is 2.23. The Morgan fingerprint density at radius 1 is 1.45 bits per heavy atom. The Balaban J connectivity index is 1.72. The number of nitrogens with one attached hydrogen (secondary N) is 1. The molecule has 2 atom stereocenters. The lowest BCUT2D eigenvalue weighted by Gasteiger charge is -2.35. The van der Waals surface area contributed by atoms with Crippen LogP contribution in [0.5, 0.6) is 0 Å². The van der Waals surface area contributed by atoms with E-state index in [1.165, 1.54) is 12.8 Å². The first-order valence-electron chi connectivity index (χ1n) is 7.24. The van der Waals surface area contributed by atoms with Crippen molar-refractivity contribution < 1.29 is 19.4 Å². The van der Waals surface area contributed by atoms with Crippen LogP contribution in [0.4, 0.5) is 0 Å². The zero-order chi connectivity index (χ0) is 14.8. The van der Waals surface area contributed by atoms with Crippen LogP contribution < -0.4 is 5.32 Å². The van der Waals surface area contributed by atoms with Crippen LogP contribution >= 0.6 is 0 Å². The van der Waals surface area contributed by atoms with Crippen LogP contribution in [0.3, 0.4) is 0 Å². The van der Waals surface area contributed by atoms with Crippen molar-refractivity contribution in [3.05, 3.63) is 0 Å². The van der Waals surface area contributed by atoms with Gasteiger partial charge in [0.05, 0.1) is 18.1 Å². The van der Waals surface area contributed by atoms with Crippen LogP contribution in [-0.2, 0) is 14.3 Å². The van der Waals surface area contributed by atoms with Gasteiger partial charge in [-0.2, -0.15) is 0 Å². The molecule has 2 aliphatic heterocycles. The van der Waals surface area contributed by atoms with Gasteiger partial charge in [-0.05, 0) is 33.2 Å². The molecule has 0 aromatic carbocycles. The van der Waals surface area contributed by atoms with Gasteiger partial charge in [-0.3, -0.25) is 14.5 Å². The van der Waals surface area contributed by atoms with E-state index in [0.29, 0.717) is 12.6 Å². The molecule has 0 aliphatic carbocycles. The Morgan fingerprint density at radius 3 is 2.90 bits per heavy atom. The van der Waals surface area contributed by atoms with E-state index >= 15 is 0 Å². The second-order valence-electron chi connectivity index (χ2n) is 6.42. The molecule has 0 aromatic rings. The molecular formula is C14H24N2O4. The number of ether oxygens (including phenoxy) is 1. The minimum absolute atomic E-state index is 0.0125. The molecule has 0 radical (unpaired) electrons. The topological polar surface area (TPSA) is 78.9 Å². The van der Waals surface area contributed by atoms with E-state index < -0.39 is 11.4 Å². The summed E-state index contributed by atoms with van der Waals surface area (Å²) in [6.45, 7) is 6.28. The number of hydrogen-bond acceptors (Lipinski definition) is 4. The SMILES string of the molecule is CC(C)(CC(=O)NCC1CN2CCCC2CO1)C(=O)O. The molecule has 2 aliphatic rings. The summed E-state index contributed by atoms with van der Waals surface area (Å²) in [4.78, 5) is 25.2. The van der Waals surface area contributed by atoms with Crippen LogP contribution in [0.1, 0.15) is 33.1 Å². The third-order valence-corrected chi connectivity index (χ3v) is 4.17. The monoisotopic (exact) mass is 284 g/mol. The average Bonchev–Trinajstić information content (AvgIpc) is 2.82. The highest BCUT2D eigenvalue weighted by atomic mass is 16.5. The van der Waals surface area contributed by atoms with Crippen molar-refractivity contribution in [1.82, 2.24) is 10.2 Å². The summed E-state index contributed by atoms with van der Waals surface area (Å²) in [7, 11) is 0. The van der Waals surface area contributed by atoms with Gasteiger partial charge in [-0.15, -0.1) is 0 Å². The van der Waals surface area contributed by atoms with E-state index in [4.69, 9.17) is 9.84 Å². The van der Waals surface area contributed by atoms with Crippen molar-refractivity contribution >= 4 is 11.9 Å². The van der Waals surface area contributed by atoms with E-state index in [-0.39, 0.29) is 18.4 Å². The van der Waals surface area contributed by atoms with Gasteiger partial charge >= 0.3 is 5.97 Å². The first kappa shape index (κ1) is 15.3. The Hall–Kier alpha value is -1.14. The number of nitrogens with zero attached hydrogens (tertiary/aromatic N) is 1. The van der Waals surface area contributed by atoms with Crippen molar-refractivity contribution in [3.63, 3.8) is 0 Å². The number of aliphatic carboxylic acids is 1. The smallest absolute Gasteiger partial charge is 0.309 e. The van der Waals surface area contributed by atoms with Gasteiger partial charge in [0.15, 0.2) is 0 Å². The number of carbonyl (C=O) groups is 2. The molecule has 6 nitrogen and oxygen atoms in total. The second kappa shape index (κ2) is 6.10. The first-order valence-corrected chi connectivity index (χ1v) is 7.24. The predicted molar refractivity (Wildman–Crippen MR) is 73.4 cm³/mol. The highest BCUT2D eigenvalue weighted by Gasteiger charge is 2.33. The van der Waals surface area contributed by atoms with Crippen molar-refractivity contribution in [2.45, 2.75) is 45.3 Å². The molecule has 0 bridgehead atoms. The zero-order valence-electron chi connectivity index (χ0n) is 12.2. The molecule has 114 valence electrons. The van der Waals surface area contributed by atoms with Gasteiger partial charge in [-0.25, -0.2) is 0 Å². The molecule has 2 N–H and O–H groups in total. The summed E-state index contributed by atoms with van der Waals surface area (Å²) in [5, 5.41) is 11.8. The van der Waals surface area contributed by atoms with Gasteiger partial charge in [-0.1, -0.05) is 0 Å². The van der Waals surface area contributed by atoms with Gasteiger partial charge in [0, 0.05) is 25.6 Å². The third-order valence-electron chi connectivity index (χ3n) is 4.17. The summed E-state index contributed by atoms with van der Waals surface area (Å²) in [6.07, 6.45) is 2.42. The summed E-state index contributed by atoms with van der Waals surface area (Å²) in [5.41, 5.74) is -1.03. The molecule has 0 spiro atoms. The molecular weight excluding hydrogens is 260 g/mol. The summed E-state index contributed by atoms with van der Waals surface area (Å²) in [5.74, 6) is -1.19. The van der Waals surface area contributed by atoms with Crippen LogP contribution in [-0.4, -0.2) is 60.3 Å². The lowest BCUT2D eigenvalue weighted by molar-refractivity contribution is -0.149. The number of fused-ring (bicyclic) bond motifs is 1. The van der Waals surface area contributed by atoms with Gasteiger partial charge in [0.1, 0.15) is 0 Å². The van der Waals surface area contributed by atoms with Crippen LogP contribution in [0.15, 0.2) is 0 Å². The first-order chi connectivity index (χ1) is 9.38. The fourth-order valence-corrected chi connectivity index (χ4v) is 2.78. The van der Waals surface area contributed by atoms with Gasteiger partial charge in [0.2, 0.25) is 5.91 Å². The number of carboxylic acids is 1. The third kappa shape index (κ3) is 3.70. The molecule has 6 heteroatoms. The number of rotatable bonds is 5. The van der Waals surface area contributed by atoms with Crippen molar-refractivity contribution in [2.75, 3.05) is 26.2 Å². The number of hydrogen-bond donors (Lipinski definition) is 2. The van der Waals surface area contributed by atoms with Crippen molar-refractivity contribution in [3.8, 4) is 0 Å². The zero-order valence-corrected chi connectivity index (χ0v) is 12.2. The van der Waals surface area contributed by atoms with E-state index in [1.807, 2.05) is 0 Å². The maximum absolute atomic E-state index is 11.8. The van der Waals surface area contributed by atoms with E-state index in [9.17, 15) is 9.59 Å². The highest BCUT2D eigenvalue weighted by molar-refractivity contribution is 5.84. The summed E-state index contributed by atoms with van der Waals surface area (Å²) in [6, 6.07) is 0.549. The second-order valence-corrected chi connectivity index (χ2v) is 6.42. The molecule has 2 heterocycles. The number of carboxylic acid groups (broad SMARTS) is 1. The fourth-order valence-electron chi connectivity index (χ4n) is 2.78. The predicted octanol–water partition coefficient (Wildman–Crippen LogP) is 0.467. The quantitative estimate of drug-likeness (QED) is 0.767. The van der Waals surface area contributed by atoms with Crippen LogP contribution in [0.2, 0.25) is 0 Å². The lowest BCUT2D eigenvalue weighted by atomic mass is 9.89. The molecule has 2 fully saturated rings. The lowest BCUT2D eigenvalue weighted by Crippen LogP contribution is -2.50. The largest absolute Gasteiger partial charge is 0.481 e. The minimum Gasteiger partial charge on any atom is -0.481 e. The average molecular weight is 284 g/mol. The van der Waals surface area contributed by atoms with Crippen molar-refractivity contribution in [2.24, 2.45) is 5.41 Å². The Kier molecular flexibility index (Phi) is 4.65. The molecule has 1 amide bonds. The standard InChI is InChI=1S/C14H24N2O4/c1-14(2,13(18)19)6-12(17)15-7-11-8-16-5-3-4-10(16)9-20-11/h10-11H,3-9H2,1-2H3,(H,15,17)(H,18,19). The molecule has 0 saturated carbocycles. The normalized spacial score (nSPS) is 27.1. The molecule has 2 unspecified atom stereocenters. The van der Waals surface area contributed by atoms with Crippen LogP contribution in [0.25, 0.3) is 0 Å². The maximum atomic E-state index is 11.8. The van der Waals surface area contributed by atoms with E-state index in [1.54, 1.807) is 13.8 Å². The molecule has 2 saturated heterocycles. The summed E-state index contributed by atoms with van der Waals surface area (Å²) >= 11 is 0. The number of morpholine rings is 1. The van der Waals surface area contributed by atoms with E-state index in [0.717, 1.165) is 19.7 Å². The number of carbonyl (C=O) groups excluding carboxylic acids is 1. The molecule has 0 aromatic heterocycles. The Labute approximate surface area is 119 Å². The Morgan fingerprint density at radius 2 is 2.20 bits per heavy atom. The van der Waals surface area contributed by atoms with E-state index in [2.05, 4.69) is 10.2 Å². The fraction of sp³-hybridized carbons (Fsp3) is 0.857. The van der Waals surface area contributed by atoms with Gasteiger partial charge in [0.25, 0.3) is 0 Å². The Bertz CT molecular complexity index is 383. The molecule has 2 rings (SSSR count). The molecule has 20 heavy (non-hydrogen) atoms. The number of amides is 1. The van der Waals surface area contributed by atoms with Gasteiger partial charge < -0.3 is 15.2 Å². The van der Waals surface area contributed by atoms with Crippen molar-refractivity contribution in [1.29, 1.82) is 0 Å². The maximum Gasteiger partial charge on any atom is 0.309 e. The van der Waals surface area contributed by atoms with Crippen LogP contribution in [0, 0.1) is 5.41 Å². The summed E-state index contributed by atoms with van der Waals surface area (Å²) < 4.78 is 5.75. The minimum atomic E-state index is -1.03.